The highest BCUT2D eigenvalue weighted by molar-refractivity contribution is 9.10. The third kappa shape index (κ3) is 2.80. The summed E-state index contributed by atoms with van der Waals surface area (Å²) in [6.45, 7) is 1.21. The molecule has 2 aromatic carbocycles. The van der Waals surface area contributed by atoms with Gasteiger partial charge in [0.2, 0.25) is 5.91 Å². The molecule has 0 fully saturated rings. The van der Waals surface area contributed by atoms with Crippen molar-refractivity contribution in [1.82, 2.24) is 0 Å². The van der Waals surface area contributed by atoms with Crippen molar-refractivity contribution in [2.24, 2.45) is 0 Å². The number of imide groups is 1. The first-order chi connectivity index (χ1) is 11.8. The fraction of sp³-hybridized carbons (Fsp3) is 0.0588. The smallest absolute Gasteiger partial charge is 0.270 e. The fourth-order valence-electron chi connectivity index (χ4n) is 2.66. The number of nitrogens with zero attached hydrogens (tertiary/aromatic N) is 2. The molecule has 0 saturated carbocycles. The Morgan fingerprint density at radius 1 is 1.20 bits per heavy atom. The van der Waals surface area contributed by atoms with Crippen LogP contribution < -0.4 is 4.90 Å². The van der Waals surface area contributed by atoms with E-state index in [0.717, 1.165) is 9.37 Å². The number of anilines is 1. The SMILES string of the molecule is CC(=O)N1C(=O)/C(=C(/O)c2ccc(Br)cc2)c2cc([N+](=O)[O-])ccc21. The van der Waals surface area contributed by atoms with Gasteiger partial charge >= 0.3 is 0 Å². The van der Waals surface area contributed by atoms with Gasteiger partial charge in [-0.2, -0.15) is 0 Å². The Kier molecular flexibility index (Phi) is 4.13. The summed E-state index contributed by atoms with van der Waals surface area (Å²) in [6, 6.07) is 10.3. The van der Waals surface area contributed by atoms with Gasteiger partial charge in [-0.1, -0.05) is 28.1 Å². The van der Waals surface area contributed by atoms with Crippen molar-refractivity contribution < 1.29 is 19.6 Å². The summed E-state index contributed by atoms with van der Waals surface area (Å²) in [7, 11) is 0. The normalized spacial score (nSPS) is 15.1. The first-order valence-corrected chi connectivity index (χ1v) is 7.93. The van der Waals surface area contributed by atoms with Crippen molar-refractivity contribution in [3.8, 4) is 0 Å². The number of benzene rings is 2. The van der Waals surface area contributed by atoms with Crippen LogP contribution in [0.25, 0.3) is 11.3 Å². The van der Waals surface area contributed by atoms with Gasteiger partial charge in [-0.15, -0.1) is 0 Å². The number of aliphatic hydroxyl groups is 1. The maximum atomic E-state index is 12.7. The quantitative estimate of drug-likeness (QED) is 0.357. The van der Waals surface area contributed by atoms with Crippen LogP contribution in [0.5, 0.6) is 0 Å². The first kappa shape index (κ1) is 16.8. The van der Waals surface area contributed by atoms with Crippen molar-refractivity contribution in [3.05, 3.63) is 68.2 Å². The minimum absolute atomic E-state index is 0.142. The van der Waals surface area contributed by atoms with Gasteiger partial charge < -0.3 is 5.11 Å². The number of fused-ring (bicyclic) bond motifs is 1. The summed E-state index contributed by atoms with van der Waals surface area (Å²) in [4.78, 5) is 35.9. The number of amides is 2. The third-order valence-electron chi connectivity index (χ3n) is 3.79. The molecule has 1 aliphatic heterocycles. The van der Waals surface area contributed by atoms with Gasteiger partial charge in [-0.05, 0) is 18.2 Å². The van der Waals surface area contributed by atoms with Crippen molar-refractivity contribution in [2.45, 2.75) is 6.92 Å². The molecule has 2 aromatic rings. The minimum Gasteiger partial charge on any atom is -0.506 e. The Morgan fingerprint density at radius 2 is 1.84 bits per heavy atom. The summed E-state index contributed by atoms with van der Waals surface area (Å²) >= 11 is 3.28. The van der Waals surface area contributed by atoms with Crippen LogP contribution in [0.3, 0.4) is 0 Å². The molecule has 1 heterocycles. The van der Waals surface area contributed by atoms with Crippen LogP contribution in [0.4, 0.5) is 11.4 Å². The van der Waals surface area contributed by atoms with Crippen LogP contribution in [0.1, 0.15) is 18.1 Å². The zero-order valence-electron chi connectivity index (χ0n) is 12.9. The average molecular weight is 403 g/mol. The van der Waals surface area contributed by atoms with E-state index in [2.05, 4.69) is 15.9 Å². The number of aliphatic hydroxyl groups excluding tert-OH is 1. The molecule has 126 valence electrons. The maximum Gasteiger partial charge on any atom is 0.270 e. The molecule has 0 spiro atoms. The molecule has 0 aromatic heterocycles. The average Bonchev–Trinajstić information content (AvgIpc) is 2.85. The van der Waals surface area contributed by atoms with Crippen LogP contribution in [-0.2, 0) is 9.59 Å². The zero-order chi connectivity index (χ0) is 18.3. The van der Waals surface area contributed by atoms with Crippen LogP contribution in [0.15, 0.2) is 46.9 Å². The molecule has 0 unspecified atom stereocenters. The number of nitro groups is 1. The van der Waals surface area contributed by atoms with Crippen molar-refractivity contribution in [1.29, 1.82) is 0 Å². The van der Waals surface area contributed by atoms with Crippen LogP contribution in [0, 0.1) is 10.1 Å². The predicted molar refractivity (Wildman–Crippen MR) is 94.8 cm³/mol. The fourth-order valence-corrected chi connectivity index (χ4v) is 2.93. The highest BCUT2D eigenvalue weighted by Gasteiger charge is 2.38. The molecule has 7 nitrogen and oxygen atoms in total. The molecule has 2 amide bonds. The molecule has 8 heteroatoms. The highest BCUT2D eigenvalue weighted by Crippen LogP contribution is 2.42. The lowest BCUT2D eigenvalue weighted by Gasteiger charge is -2.11. The lowest BCUT2D eigenvalue weighted by atomic mass is 10.0. The van der Waals surface area contributed by atoms with Gasteiger partial charge in [0.1, 0.15) is 5.76 Å². The van der Waals surface area contributed by atoms with E-state index in [9.17, 15) is 24.8 Å². The van der Waals surface area contributed by atoms with E-state index in [1.807, 2.05) is 0 Å². The van der Waals surface area contributed by atoms with Crippen LogP contribution in [0.2, 0.25) is 0 Å². The topological polar surface area (TPSA) is 101 Å². The second-order valence-corrected chi connectivity index (χ2v) is 6.26. The van der Waals surface area contributed by atoms with Gasteiger partial charge in [0.25, 0.3) is 11.6 Å². The van der Waals surface area contributed by atoms with Gasteiger partial charge in [0.15, 0.2) is 0 Å². The summed E-state index contributed by atoms with van der Waals surface area (Å²) < 4.78 is 0.785. The number of hydrogen-bond donors (Lipinski definition) is 1. The van der Waals surface area contributed by atoms with Gasteiger partial charge in [-0.3, -0.25) is 19.7 Å². The number of hydrogen-bond acceptors (Lipinski definition) is 5. The monoisotopic (exact) mass is 402 g/mol. The molecule has 0 saturated heterocycles. The molecule has 1 N–H and O–H groups in total. The molecule has 1 aliphatic rings. The maximum absolute atomic E-state index is 12.7. The highest BCUT2D eigenvalue weighted by atomic mass is 79.9. The lowest BCUT2D eigenvalue weighted by Crippen LogP contribution is -2.31. The number of rotatable bonds is 2. The number of carbonyl (C=O) groups excluding carboxylic acids is 2. The van der Waals surface area contributed by atoms with Crippen molar-refractivity contribution in [3.63, 3.8) is 0 Å². The Hall–Kier alpha value is -3.00. The summed E-state index contributed by atoms with van der Waals surface area (Å²) in [5.41, 5.74) is 0.334. The van der Waals surface area contributed by atoms with Gasteiger partial charge in [0, 0.05) is 34.7 Å². The number of halogens is 1. The van der Waals surface area contributed by atoms with Gasteiger partial charge in [0.05, 0.1) is 16.2 Å². The van der Waals surface area contributed by atoms with Crippen LogP contribution in [-0.4, -0.2) is 21.8 Å². The van der Waals surface area contributed by atoms with E-state index in [-0.39, 0.29) is 28.3 Å². The Balaban J connectivity index is 2.27. The summed E-state index contributed by atoms with van der Waals surface area (Å²) in [5.74, 6) is -1.61. The standard InChI is InChI=1S/C17H11BrN2O5/c1-9(21)19-14-7-6-12(20(24)25)8-13(14)15(17(19)23)16(22)10-2-4-11(18)5-3-10/h2-8,22H,1H3/b16-15+. The zero-order valence-corrected chi connectivity index (χ0v) is 14.5. The van der Waals surface area contributed by atoms with Crippen molar-refractivity contribution in [2.75, 3.05) is 4.90 Å². The Labute approximate surface area is 150 Å². The third-order valence-corrected chi connectivity index (χ3v) is 4.32. The summed E-state index contributed by atoms with van der Waals surface area (Å²) in [5, 5.41) is 21.6. The molecule has 0 radical (unpaired) electrons. The van der Waals surface area contributed by atoms with E-state index in [0.29, 0.717) is 5.56 Å². The van der Waals surface area contributed by atoms with E-state index in [1.54, 1.807) is 24.3 Å². The molecule has 3 rings (SSSR count). The Morgan fingerprint density at radius 3 is 2.40 bits per heavy atom. The van der Waals surface area contributed by atoms with E-state index in [4.69, 9.17) is 0 Å². The van der Waals surface area contributed by atoms with E-state index < -0.39 is 16.7 Å². The molecular weight excluding hydrogens is 392 g/mol. The lowest BCUT2D eigenvalue weighted by molar-refractivity contribution is -0.384. The van der Waals surface area contributed by atoms with Crippen molar-refractivity contribution >= 4 is 50.5 Å². The van der Waals surface area contributed by atoms with E-state index in [1.165, 1.54) is 25.1 Å². The molecule has 0 bridgehead atoms. The largest absolute Gasteiger partial charge is 0.506 e. The summed E-state index contributed by atoms with van der Waals surface area (Å²) in [6.07, 6.45) is 0. The number of non-ortho nitro benzene ring substituents is 1. The number of nitro benzene ring substituents is 1. The second-order valence-electron chi connectivity index (χ2n) is 5.35. The molecule has 25 heavy (non-hydrogen) atoms. The number of carbonyl (C=O) groups is 2. The Bertz CT molecular complexity index is 950. The molecule has 0 aliphatic carbocycles. The second kappa shape index (κ2) is 6.14. The van der Waals surface area contributed by atoms with Gasteiger partial charge in [-0.25, -0.2) is 4.90 Å². The minimum atomic E-state index is -0.719. The first-order valence-electron chi connectivity index (χ1n) is 7.14. The molecule has 0 atom stereocenters. The van der Waals surface area contributed by atoms with Crippen LogP contribution >= 0.6 is 15.9 Å². The molecular formula is C17H11BrN2O5. The van der Waals surface area contributed by atoms with E-state index >= 15 is 0 Å². The predicted octanol–water partition coefficient (Wildman–Crippen LogP) is 3.68.